The van der Waals surface area contributed by atoms with Crippen LogP contribution in [0.5, 0.6) is 0 Å². The van der Waals surface area contributed by atoms with Gasteiger partial charge in [-0.15, -0.1) is 0 Å². The number of anilines is 9. The molecule has 2 spiro atoms. The van der Waals surface area contributed by atoms with E-state index in [4.69, 9.17) is 43.0 Å². The van der Waals surface area contributed by atoms with E-state index in [1.807, 2.05) is 152 Å². The zero-order valence-corrected chi connectivity index (χ0v) is 69.8. The molecule has 0 amide bonds. The number of nitrogens with zero attached hydrogens (tertiary/aromatic N) is 13. The first-order chi connectivity index (χ1) is 63.3. The molecule has 0 radical (unpaired) electrons. The van der Waals surface area contributed by atoms with Crippen molar-refractivity contribution in [3.63, 3.8) is 0 Å². The number of aromatic nitrogens is 6. The van der Waals surface area contributed by atoms with Gasteiger partial charge in [0.05, 0.1) is 80.6 Å². The first-order valence-corrected chi connectivity index (χ1v) is 44.3. The van der Waals surface area contributed by atoms with Gasteiger partial charge in [0.2, 0.25) is 0 Å². The van der Waals surface area contributed by atoms with E-state index in [2.05, 4.69) is 303 Å². The van der Waals surface area contributed by atoms with Gasteiger partial charge in [-0.05, 0) is 138 Å². The summed E-state index contributed by atoms with van der Waals surface area (Å²) in [5, 5.41) is 27.6. The maximum absolute atomic E-state index is 11.2. The Kier molecular flexibility index (Phi) is 18.9. The molecule has 23 rings (SSSR count). The minimum Gasteiger partial charge on any atom is -0.310 e. The molecule has 0 unspecified atom stereocenters. The van der Waals surface area contributed by atoms with Crippen LogP contribution in [0, 0.1) is 35.8 Å². The Bertz CT molecular complexity index is 7430. The fourth-order valence-electron chi connectivity index (χ4n) is 20.1. The van der Waals surface area contributed by atoms with Crippen LogP contribution in [0.3, 0.4) is 0 Å². The van der Waals surface area contributed by atoms with Gasteiger partial charge in [0.15, 0.2) is 54.4 Å². The van der Waals surface area contributed by atoms with Crippen molar-refractivity contribution in [2.75, 3.05) is 14.7 Å². The van der Waals surface area contributed by atoms with Crippen LogP contribution < -0.4 is 35.4 Å². The fraction of sp³-hybridized carbons (Fsp3) is 0.0175. The average Bonchev–Trinajstić information content (AvgIpc) is 0.635. The van der Waals surface area contributed by atoms with Crippen LogP contribution >= 0.6 is 0 Å². The van der Waals surface area contributed by atoms with Crippen molar-refractivity contribution >= 4 is 91.4 Å². The van der Waals surface area contributed by atoms with Gasteiger partial charge in [0.25, 0.3) is 0 Å². The molecule has 0 saturated heterocycles. The van der Waals surface area contributed by atoms with Crippen LogP contribution in [0.2, 0.25) is 0 Å². The summed E-state index contributed by atoms with van der Waals surface area (Å²) in [6.07, 6.45) is 0. The molecule has 0 fully saturated rings. The molecule has 4 aliphatic heterocycles. The second-order valence-corrected chi connectivity index (χ2v) is 35.5. The van der Waals surface area contributed by atoms with Gasteiger partial charge in [-0.3, -0.25) is 0 Å². The zero-order chi connectivity index (χ0) is 85.9. The van der Waals surface area contributed by atoms with Crippen LogP contribution in [0.15, 0.2) is 431 Å². The lowest BCUT2D eigenvalue weighted by atomic mass is 9.60. The van der Waals surface area contributed by atoms with E-state index < -0.39 is 18.9 Å². The third-order valence-electron chi connectivity index (χ3n) is 25.3. The van der Waals surface area contributed by atoms with E-state index in [1.54, 1.807) is 12.1 Å². The Balaban J connectivity index is 0.000000151. The Morgan fingerprint density at radius 3 is 0.766 bits per heavy atom. The lowest BCUT2D eigenvalue weighted by Crippen LogP contribution is -2.79. The highest BCUT2D eigenvalue weighted by atomic mass is 28.3. The summed E-state index contributed by atoms with van der Waals surface area (Å²) in [7, 11) is -2.93. The summed E-state index contributed by atoms with van der Waals surface area (Å²) in [6.45, 7) is 17.2. The summed E-state index contributed by atoms with van der Waals surface area (Å²) in [5.41, 5.74) is 21.3. The number of benzene rings is 17. The average molecular weight is 1650 g/mol. The maximum Gasteiger partial charge on any atom is 0.200 e. The van der Waals surface area contributed by atoms with Gasteiger partial charge in [-0.2, -0.15) is 10.5 Å². The summed E-state index contributed by atoms with van der Waals surface area (Å²) < 4.78 is 0. The van der Waals surface area contributed by atoms with Crippen molar-refractivity contribution in [1.29, 1.82) is 10.5 Å². The van der Waals surface area contributed by atoms with E-state index in [-0.39, 0.29) is 0 Å². The molecular formula is C114H71N13Si. The molecule has 2 aromatic heterocycles. The van der Waals surface area contributed by atoms with Crippen LogP contribution in [0.1, 0.15) is 55.6 Å². The van der Waals surface area contributed by atoms with Crippen LogP contribution in [-0.4, -0.2) is 38.0 Å². The van der Waals surface area contributed by atoms with Crippen molar-refractivity contribution < 1.29 is 0 Å². The Morgan fingerprint density at radius 1 is 0.242 bits per heavy atom. The molecular weight excluding hydrogens is 1580 g/mol. The number of nitriles is 2. The first kappa shape index (κ1) is 76.5. The fourth-order valence-corrected chi connectivity index (χ4v) is 25.4. The highest BCUT2D eigenvalue weighted by Crippen LogP contribution is 2.65. The van der Waals surface area contributed by atoms with Crippen LogP contribution in [-0.2, 0) is 10.8 Å². The summed E-state index contributed by atoms with van der Waals surface area (Å²) >= 11 is 0. The van der Waals surface area contributed by atoms with Crippen LogP contribution in [0.4, 0.5) is 62.6 Å². The van der Waals surface area contributed by atoms with E-state index in [0.29, 0.717) is 79.9 Å². The molecule has 4 aliphatic rings. The first-order valence-electron chi connectivity index (χ1n) is 42.3. The highest BCUT2D eigenvalue weighted by Gasteiger charge is 2.58. The molecule has 0 saturated carbocycles. The lowest BCUT2D eigenvalue weighted by Gasteiger charge is -2.53. The highest BCUT2D eigenvalue weighted by molar-refractivity contribution is 7.20. The molecule has 596 valence electrons. The van der Waals surface area contributed by atoms with E-state index in [9.17, 15) is 10.5 Å². The van der Waals surface area contributed by atoms with Gasteiger partial charge >= 0.3 is 0 Å². The van der Waals surface area contributed by atoms with Crippen LogP contribution in [0.25, 0.3) is 78.0 Å². The number of hydrogen-bond acceptors (Lipinski definition) is 11. The van der Waals surface area contributed by atoms with Crippen molar-refractivity contribution in [2.45, 2.75) is 10.8 Å². The van der Waals surface area contributed by atoms with Gasteiger partial charge in [-0.1, -0.05) is 358 Å². The van der Waals surface area contributed by atoms with E-state index in [1.165, 1.54) is 31.9 Å². The molecule has 0 N–H and O–H groups in total. The predicted molar refractivity (Wildman–Crippen MR) is 513 cm³/mol. The third kappa shape index (κ3) is 12.0. The predicted octanol–water partition coefficient (Wildman–Crippen LogP) is 24.4. The molecule has 19 aromatic rings. The van der Waals surface area contributed by atoms with Crippen molar-refractivity contribution in [2.24, 2.45) is 0 Å². The van der Waals surface area contributed by atoms with Crippen molar-refractivity contribution in [3.8, 4) is 80.5 Å². The number of para-hydroxylation sites is 7. The van der Waals surface area contributed by atoms with Gasteiger partial charge in [-0.25, -0.2) is 39.6 Å². The minimum absolute atomic E-state index is 0.318. The van der Waals surface area contributed by atoms with Gasteiger partial charge < -0.3 is 14.7 Å². The zero-order valence-electron chi connectivity index (χ0n) is 68.8. The van der Waals surface area contributed by atoms with Gasteiger partial charge in [0.1, 0.15) is 12.1 Å². The molecule has 0 atom stereocenters. The third-order valence-corrected chi connectivity index (χ3v) is 30.2. The van der Waals surface area contributed by atoms with Crippen molar-refractivity contribution in [3.05, 3.63) is 509 Å². The SMILES string of the molecule is [C-]#[N+]c1cc(N2c3ccccc3C3(c4ccccc42)c2ccccc2[Si](c2ccccc2)(c2ccccc2)c2ccccc23)c(C#N)cc1-c1nc(-c2ccccc2)nc(-c2ccccc2)n1.[C-]#[N+]c1cc(N2c3ccccc3C3(c4ccccc4N(c4ccccc4)c4ccccc43)c3ccccc32)c(C#N)cc1-c1nc(-c2ccccc2)nc(-c2ccccc2)n1. The molecule has 6 heterocycles. The minimum atomic E-state index is -2.93. The molecule has 17 aromatic carbocycles. The molecule has 128 heavy (non-hydrogen) atoms. The van der Waals surface area contributed by atoms with E-state index >= 15 is 0 Å². The quantitative estimate of drug-likeness (QED) is 0.0902. The molecule has 13 nitrogen and oxygen atoms in total. The monoisotopic (exact) mass is 1650 g/mol. The van der Waals surface area contributed by atoms with Gasteiger partial charge in [0, 0.05) is 39.1 Å². The smallest absolute Gasteiger partial charge is 0.200 e. The summed E-state index contributed by atoms with van der Waals surface area (Å²) in [4.78, 5) is 44.4. The van der Waals surface area contributed by atoms with E-state index in [0.717, 1.165) is 95.4 Å². The second-order valence-electron chi connectivity index (χ2n) is 31.8. The Hall–Kier alpha value is -17.7. The molecule has 0 aliphatic carbocycles. The normalized spacial score (nSPS) is 13.3. The molecule has 14 heteroatoms. The second kappa shape index (κ2) is 31.7. The standard InChI is InChI=1S/C60H38N6Si.C54H33N7/c1-62-51-39-54(43(40-61)38-46(51)59-64-57(41-22-6-2-7-23-41)63-58(65-59)42-24-8-3-9-25-42)66-52-34-18-14-30-47(52)60(48-31-15-19-35-53(48)66)49-32-16-20-36-55(49)67(44-26-10-4-11-27-44,45-28-12-5-13-29-45)56-37-21-17-33-50(56)60;1-56-45-34-50(38(35-55)33-40(45)53-58-51(36-19-5-2-6-20-36)57-52(59-53)37-21-7-3-8-22-37)61-48-31-17-13-27-43(48)54(44-28-14-18-32-49(44)61)41-25-11-15-29-46(41)60(39-23-9-4-10-24-39)47-30-16-12-26-42(47)54/h2-39H;2-34H. The Morgan fingerprint density at radius 2 is 0.477 bits per heavy atom. The lowest BCUT2D eigenvalue weighted by molar-refractivity contribution is 0.718. The maximum atomic E-state index is 11.2. The summed E-state index contributed by atoms with van der Waals surface area (Å²) in [6, 6.07) is 154. The largest absolute Gasteiger partial charge is 0.310 e. The topological polar surface area (TPSA) is 143 Å². The number of hydrogen-bond donors (Lipinski definition) is 0. The molecule has 0 bridgehead atoms. The number of rotatable bonds is 11. The summed E-state index contributed by atoms with van der Waals surface area (Å²) in [5.74, 6) is 2.55. The van der Waals surface area contributed by atoms with Crippen molar-refractivity contribution in [1.82, 2.24) is 29.9 Å². The number of fused-ring (bicyclic) bond motifs is 16. The Labute approximate surface area is 742 Å².